The van der Waals surface area contributed by atoms with Crippen LogP contribution < -0.4 is 9.80 Å². The summed E-state index contributed by atoms with van der Waals surface area (Å²) in [7, 11) is 0. The Hall–Kier alpha value is -2.20. The van der Waals surface area contributed by atoms with Crippen LogP contribution in [0.5, 0.6) is 0 Å². The SMILES string of the molecule is CCCCOC(=O)CCc1ccc(N2CCN(c3ccc(Cl)cc3)CC2)cc1. The van der Waals surface area contributed by atoms with Gasteiger partial charge in [0.1, 0.15) is 0 Å². The molecule has 1 saturated heterocycles. The first-order chi connectivity index (χ1) is 13.7. The standard InChI is InChI=1S/C23H29ClN2O2/c1-2-3-18-28-23(27)13-6-19-4-9-21(10-5-19)25-14-16-26(17-15-25)22-11-7-20(24)8-12-22/h4-5,7-12H,2-3,6,13-18H2,1H3. The Kier molecular flexibility index (Phi) is 7.61. The van der Waals surface area contributed by atoms with Crippen LogP contribution in [-0.2, 0) is 16.0 Å². The smallest absolute Gasteiger partial charge is 0.306 e. The van der Waals surface area contributed by atoms with Crippen LogP contribution in [0, 0.1) is 0 Å². The van der Waals surface area contributed by atoms with Crippen molar-refractivity contribution in [1.82, 2.24) is 0 Å². The number of carbonyl (C=O) groups excluding carboxylic acids is 1. The second kappa shape index (κ2) is 10.4. The Balaban J connectivity index is 1.45. The van der Waals surface area contributed by atoms with Crippen LogP contribution in [0.1, 0.15) is 31.7 Å². The van der Waals surface area contributed by atoms with Gasteiger partial charge < -0.3 is 14.5 Å². The molecule has 0 aliphatic carbocycles. The molecule has 0 spiro atoms. The highest BCUT2D eigenvalue weighted by Gasteiger charge is 2.17. The fraction of sp³-hybridized carbons (Fsp3) is 0.435. The van der Waals surface area contributed by atoms with Crippen LogP contribution in [0.3, 0.4) is 0 Å². The molecule has 2 aromatic rings. The molecule has 0 radical (unpaired) electrons. The number of carbonyl (C=O) groups is 1. The molecule has 1 heterocycles. The second-order valence-corrected chi connectivity index (χ2v) is 7.63. The van der Waals surface area contributed by atoms with Crippen LogP contribution in [0.15, 0.2) is 48.5 Å². The van der Waals surface area contributed by atoms with Crippen molar-refractivity contribution in [2.24, 2.45) is 0 Å². The fourth-order valence-corrected chi connectivity index (χ4v) is 3.52. The average molecular weight is 401 g/mol. The summed E-state index contributed by atoms with van der Waals surface area (Å²) in [5, 5.41) is 0.775. The van der Waals surface area contributed by atoms with E-state index in [-0.39, 0.29) is 5.97 Å². The van der Waals surface area contributed by atoms with E-state index in [9.17, 15) is 4.79 Å². The Morgan fingerprint density at radius 3 is 2.00 bits per heavy atom. The first kappa shape index (κ1) is 20.5. The van der Waals surface area contributed by atoms with Crippen LogP contribution in [0.25, 0.3) is 0 Å². The first-order valence-electron chi connectivity index (χ1n) is 10.2. The molecular formula is C23H29ClN2O2. The van der Waals surface area contributed by atoms with Gasteiger partial charge >= 0.3 is 5.97 Å². The number of aryl methyl sites for hydroxylation is 1. The zero-order valence-corrected chi connectivity index (χ0v) is 17.3. The minimum Gasteiger partial charge on any atom is -0.466 e. The molecule has 0 bridgehead atoms. The Labute approximate surface area is 173 Å². The molecule has 4 nitrogen and oxygen atoms in total. The maximum absolute atomic E-state index is 11.7. The van der Waals surface area contributed by atoms with E-state index < -0.39 is 0 Å². The van der Waals surface area contributed by atoms with E-state index in [2.05, 4.69) is 53.1 Å². The van der Waals surface area contributed by atoms with Gasteiger partial charge in [0.25, 0.3) is 0 Å². The molecule has 0 unspecified atom stereocenters. The highest BCUT2D eigenvalue weighted by atomic mass is 35.5. The summed E-state index contributed by atoms with van der Waals surface area (Å²) in [5.74, 6) is -0.101. The fourth-order valence-electron chi connectivity index (χ4n) is 3.40. The number of ether oxygens (including phenoxy) is 1. The number of esters is 1. The number of anilines is 2. The lowest BCUT2D eigenvalue weighted by atomic mass is 10.1. The molecule has 5 heteroatoms. The number of hydrogen-bond acceptors (Lipinski definition) is 4. The third-order valence-corrected chi connectivity index (χ3v) is 5.40. The van der Waals surface area contributed by atoms with Crippen molar-refractivity contribution >= 4 is 28.9 Å². The van der Waals surface area contributed by atoms with Gasteiger partial charge in [0.05, 0.1) is 6.61 Å². The predicted molar refractivity (Wildman–Crippen MR) is 117 cm³/mol. The second-order valence-electron chi connectivity index (χ2n) is 7.19. The quantitative estimate of drug-likeness (QED) is 0.464. The number of piperazine rings is 1. The molecule has 28 heavy (non-hydrogen) atoms. The van der Waals surface area contributed by atoms with Crippen molar-refractivity contribution in [3.05, 3.63) is 59.1 Å². The Morgan fingerprint density at radius 1 is 0.929 bits per heavy atom. The Bertz CT molecular complexity index is 738. The number of benzene rings is 2. The largest absolute Gasteiger partial charge is 0.466 e. The molecule has 1 fully saturated rings. The molecule has 0 amide bonds. The number of unbranched alkanes of at least 4 members (excludes halogenated alkanes) is 1. The van der Waals surface area contributed by atoms with E-state index in [4.69, 9.17) is 16.3 Å². The summed E-state index contributed by atoms with van der Waals surface area (Å²) in [4.78, 5) is 16.5. The Morgan fingerprint density at radius 2 is 1.46 bits per heavy atom. The van der Waals surface area contributed by atoms with Gasteiger partial charge in [0.15, 0.2) is 0 Å². The minimum absolute atomic E-state index is 0.101. The van der Waals surface area contributed by atoms with Crippen molar-refractivity contribution in [2.45, 2.75) is 32.6 Å². The van der Waals surface area contributed by atoms with Crippen molar-refractivity contribution in [1.29, 1.82) is 0 Å². The van der Waals surface area contributed by atoms with Gasteiger partial charge in [-0.15, -0.1) is 0 Å². The summed E-state index contributed by atoms with van der Waals surface area (Å²) in [5.41, 5.74) is 3.64. The average Bonchev–Trinajstić information content (AvgIpc) is 2.74. The normalized spacial score (nSPS) is 14.2. The molecule has 0 N–H and O–H groups in total. The highest BCUT2D eigenvalue weighted by Crippen LogP contribution is 2.22. The molecular weight excluding hydrogens is 372 g/mol. The molecule has 150 valence electrons. The maximum Gasteiger partial charge on any atom is 0.306 e. The lowest BCUT2D eigenvalue weighted by Crippen LogP contribution is -2.46. The van der Waals surface area contributed by atoms with Crippen molar-refractivity contribution in [2.75, 3.05) is 42.6 Å². The van der Waals surface area contributed by atoms with E-state index in [1.165, 1.54) is 16.9 Å². The molecule has 0 saturated carbocycles. The van der Waals surface area contributed by atoms with Crippen LogP contribution >= 0.6 is 11.6 Å². The molecule has 0 aromatic heterocycles. The van der Waals surface area contributed by atoms with Crippen molar-refractivity contribution < 1.29 is 9.53 Å². The predicted octanol–water partition coefficient (Wildman–Crippen LogP) is 4.94. The lowest BCUT2D eigenvalue weighted by molar-refractivity contribution is -0.143. The van der Waals surface area contributed by atoms with Crippen molar-refractivity contribution in [3.63, 3.8) is 0 Å². The van der Waals surface area contributed by atoms with E-state index in [0.717, 1.165) is 50.5 Å². The van der Waals surface area contributed by atoms with Crippen molar-refractivity contribution in [3.8, 4) is 0 Å². The summed E-state index contributed by atoms with van der Waals surface area (Å²) in [6, 6.07) is 16.6. The zero-order valence-electron chi connectivity index (χ0n) is 16.6. The molecule has 1 aliphatic heterocycles. The number of halogens is 1. The summed E-state index contributed by atoms with van der Waals surface area (Å²) < 4.78 is 5.22. The van der Waals surface area contributed by atoms with E-state index in [1.54, 1.807) is 0 Å². The maximum atomic E-state index is 11.7. The minimum atomic E-state index is -0.101. The van der Waals surface area contributed by atoms with Gasteiger partial charge in [-0.05, 0) is 54.8 Å². The number of hydrogen-bond donors (Lipinski definition) is 0. The van der Waals surface area contributed by atoms with Gasteiger partial charge in [-0.3, -0.25) is 4.79 Å². The summed E-state index contributed by atoms with van der Waals surface area (Å²) in [6.07, 6.45) is 3.16. The molecule has 2 aromatic carbocycles. The molecule has 0 atom stereocenters. The number of rotatable bonds is 8. The van der Waals surface area contributed by atoms with E-state index in [0.29, 0.717) is 13.0 Å². The summed E-state index contributed by atoms with van der Waals surface area (Å²) >= 11 is 5.98. The molecule has 1 aliphatic rings. The van der Waals surface area contributed by atoms with Crippen LogP contribution in [0.2, 0.25) is 5.02 Å². The third-order valence-electron chi connectivity index (χ3n) is 5.15. The summed E-state index contributed by atoms with van der Waals surface area (Å²) in [6.45, 7) is 6.60. The van der Waals surface area contributed by atoms with Gasteiger partial charge in [-0.2, -0.15) is 0 Å². The van der Waals surface area contributed by atoms with Gasteiger partial charge in [-0.1, -0.05) is 37.1 Å². The van der Waals surface area contributed by atoms with E-state index in [1.807, 2.05) is 12.1 Å². The van der Waals surface area contributed by atoms with Crippen LogP contribution in [0.4, 0.5) is 11.4 Å². The monoisotopic (exact) mass is 400 g/mol. The van der Waals surface area contributed by atoms with Gasteiger partial charge in [-0.25, -0.2) is 0 Å². The topological polar surface area (TPSA) is 32.8 Å². The lowest BCUT2D eigenvalue weighted by Gasteiger charge is -2.37. The zero-order chi connectivity index (χ0) is 19.8. The van der Waals surface area contributed by atoms with E-state index >= 15 is 0 Å². The van der Waals surface area contributed by atoms with Gasteiger partial charge in [0, 0.05) is 49.0 Å². The molecule has 3 rings (SSSR count). The third kappa shape index (κ3) is 5.90. The highest BCUT2D eigenvalue weighted by molar-refractivity contribution is 6.30. The van der Waals surface area contributed by atoms with Crippen LogP contribution in [-0.4, -0.2) is 38.8 Å². The first-order valence-corrected chi connectivity index (χ1v) is 10.5. The van der Waals surface area contributed by atoms with Gasteiger partial charge in [0.2, 0.25) is 0 Å². The number of nitrogens with zero attached hydrogens (tertiary/aromatic N) is 2.